The normalized spacial score (nSPS) is 17.7. The number of rotatable bonds is 11. The summed E-state index contributed by atoms with van der Waals surface area (Å²) < 4.78 is 33.2. The molecule has 0 saturated carbocycles. The second-order valence-corrected chi connectivity index (χ2v) is 11.1. The van der Waals surface area contributed by atoms with Gasteiger partial charge in [0.05, 0.1) is 41.5 Å². The number of piperidine rings is 1. The second kappa shape index (κ2) is 12.6. The molecule has 2 saturated heterocycles. The Morgan fingerprint density at radius 1 is 1.12 bits per heavy atom. The van der Waals surface area contributed by atoms with Crippen molar-refractivity contribution in [3.8, 4) is 11.5 Å². The van der Waals surface area contributed by atoms with E-state index in [1.807, 2.05) is 12.1 Å². The molecule has 11 heteroatoms. The molecule has 42 heavy (non-hydrogen) atoms. The highest BCUT2D eigenvalue weighted by Crippen LogP contribution is 2.27. The van der Waals surface area contributed by atoms with Crippen LogP contribution in [0.15, 0.2) is 54.7 Å². The van der Waals surface area contributed by atoms with Crippen molar-refractivity contribution in [1.82, 2.24) is 19.4 Å². The van der Waals surface area contributed by atoms with Crippen LogP contribution in [0, 0.1) is 0 Å². The number of hydrogen-bond acceptors (Lipinski definition) is 7. The van der Waals surface area contributed by atoms with Gasteiger partial charge in [0.2, 0.25) is 0 Å². The van der Waals surface area contributed by atoms with Gasteiger partial charge in [0.1, 0.15) is 36.7 Å². The number of likely N-dealkylation sites (tertiary alicyclic amines) is 1. The Hall–Kier alpha value is -3.73. The third-order valence-corrected chi connectivity index (χ3v) is 8.02. The lowest BCUT2D eigenvalue weighted by molar-refractivity contribution is -0.0592. The van der Waals surface area contributed by atoms with E-state index >= 15 is 0 Å². The summed E-state index contributed by atoms with van der Waals surface area (Å²) in [5.74, 6) is 1.13. The van der Waals surface area contributed by atoms with Crippen LogP contribution < -0.4 is 9.47 Å². The van der Waals surface area contributed by atoms with Gasteiger partial charge in [0.25, 0.3) is 0 Å². The van der Waals surface area contributed by atoms with Crippen molar-refractivity contribution in [3.05, 3.63) is 82.4 Å². The van der Waals surface area contributed by atoms with E-state index in [4.69, 9.17) is 30.8 Å². The fourth-order valence-electron chi connectivity index (χ4n) is 5.39. The van der Waals surface area contributed by atoms with Crippen LogP contribution in [0.5, 0.6) is 11.5 Å². The van der Waals surface area contributed by atoms with Gasteiger partial charge in [0.15, 0.2) is 0 Å². The van der Waals surface area contributed by atoms with Crippen LogP contribution in [-0.2, 0) is 31.1 Å². The smallest absolute Gasteiger partial charge is 0.335 e. The molecule has 2 aromatic carbocycles. The number of fused-ring (bicyclic) bond motifs is 1. The molecule has 2 fully saturated rings. The minimum Gasteiger partial charge on any atom is -0.490 e. The van der Waals surface area contributed by atoms with Crippen molar-refractivity contribution >= 4 is 28.6 Å². The summed E-state index contributed by atoms with van der Waals surface area (Å²) in [6, 6.07) is 13.7. The summed E-state index contributed by atoms with van der Waals surface area (Å²) in [5.41, 5.74) is 2.96. The van der Waals surface area contributed by atoms with Crippen molar-refractivity contribution in [1.29, 1.82) is 0 Å². The molecule has 4 heterocycles. The predicted octanol–water partition coefficient (Wildman–Crippen LogP) is 5.66. The van der Waals surface area contributed by atoms with Gasteiger partial charge in [-0.05, 0) is 61.7 Å². The van der Waals surface area contributed by atoms with Gasteiger partial charge in [-0.25, -0.2) is 14.2 Å². The van der Waals surface area contributed by atoms with Gasteiger partial charge in [-0.3, -0.25) is 9.88 Å². The molecular weight excluding hydrogens is 563 g/mol. The van der Waals surface area contributed by atoms with Crippen LogP contribution in [0.3, 0.4) is 0 Å². The fourth-order valence-corrected chi connectivity index (χ4v) is 5.59. The number of alkyl halides is 1. The standard InChI is InChI=1S/C31H32ClFN4O5/c32-22-2-4-29(21(13-22)16-33)41-19-23-15-25(5-9-34-23)42-24-6-10-36(11-7-24)18-30-35-27-3-1-20(31(38)39)14-28(27)37(30)17-26-8-12-40-26/h1-5,9,13-15,24,26H,6-8,10-12,16-19H2,(H,38,39). The first kappa shape index (κ1) is 28.4. The van der Waals surface area contributed by atoms with Crippen molar-refractivity contribution in [2.24, 2.45) is 0 Å². The highest BCUT2D eigenvalue weighted by Gasteiger charge is 2.26. The molecule has 1 N–H and O–H groups in total. The highest BCUT2D eigenvalue weighted by molar-refractivity contribution is 6.30. The van der Waals surface area contributed by atoms with Gasteiger partial charge in [-0.1, -0.05) is 11.6 Å². The number of carboxylic acid groups (broad SMARTS) is 1. The molecule has 2 aliphatic heterocycles. The van der Waals surface area contributed by atoms with Crippen molar-refractivity contribution in [3.63, 3.8) is 0 Å². The van der Waals surface area contributed by atoms with Gasteiger partial charge >= 0.3 is 5.97 Å². The first-order valence-electron chi connectivity index (χ1n) is 14.1. The zero-order valence-corrected chi connectivity index (χ0v) is 23.8. The molecule has 0 bridgehead atoms. The zero-order valence-electron chi connectivity index (χ0n) is 23.0. The first-order chi connectivity index (χ1) is 20.4. The minimum atomic E-state index is -0.950. The predicted molar refractivity (Wildman–Crippen MR) is 155 cm³/mol. The van der Waals surface area contributed by atoms with Crippen molar-refractivity contribution in [2.45, 2.75) is 57.8 Å². The van der Waals surface area contributed by atoms with Gasteiger partial charge in [0, 0.05) is 42.5 Å². The van der Waals surface area contributed by atoms with E-state index in [1.165, 1.54) is 0 Å². The number of nitrogens with zero attached hydrogens (tertiary/aromatic N) is 4. The summed E-state index contributed by atoms with van der Waals surface area (Å²) in [4.78, 5) is 23.2. The number of ether oxygens (including phenoxy) is 3. The molecule has 9 nitrogen and oxygen atoms in total. The number of halogens is 2. The van der Waals surface area contributed by atoms with E-state index in [0.717, 1.165) is 61.6 Å². The maximum atomic E-state index is 13.3. The molecule has 6 rings (SSSR count). The monoisotopic (exact) mass is 594 g/mol. The Morgan fingerprint density at radius 3 is 2.69 bits per heavy atom. The molecule has 2 aromatic heterocycles. The fraction of sp³-hybridized carbons (Fsp3) is 0.387. The van der Waals surface area contributed by atoms with Crippen LogP contribution in [0.4, 0.5) is 4.39 Å². The maximum Gasteiger partial charge on any atom is 0.335 e. The molecule has 0 spiro atoms. The molecule has 4 aromatic rings. The summed E-state index contributed by atoms with van der Waals surface area (Å²) in [5, 5.41) is 9.95. The number of pyridine rings is 1. The van der Waals surface area contributed by atoms with Crippen molar-refractivity contribution < 1.29 is 28.5 Å². The van der Waals surface area contributed by atoms with Crippen LogP contribution in [0.25, 0.3) is 11.0 Å². The van der Waals surface area contributed by atoms with Crippen LogP contribution in [0.1, 0.15) is 46.7 Å². The summed E-state index contributed by atoms with van der Waals surface area (Å²) in [7, 11) is 0. The Morgan fingerprint density at radius 2 is 1.95 bits per heavy atom. The topological polar surface area (TPSA) is 98.9 Å². The second-order valence-electron chi connectivity index (χ2n) is 10.7. The summed E-state index contributed by atoms with van der Waals surface area (Å²) in [6.45, 7) is 3.30. The molecule has 0 radical (unpaired) electrons. The van der Waals surface area contributed by atoms with Gasteiger partial charge < -0.3 is 23.9 Å². The van der Waals surface area contributed by atoms with Gasteiger partial charge in [-0.2, -0.15) is 0 Å². The van der Waals surface area contributed by atoms with Crippen molar-refractivity contribution in [2.75, 3.05) is 19.7 Å². The third kappa shape index (κ3) is 6.51. The lowest BCUT2D eigenvalue weighted by atomic mass is 10.1. The third-order valence-electron chi connectivity index (χ3n) is 7.79. The largest absolute Gasteiger partial charge is 0.490 e. The van der Waals surface area contributed by atoms with Crippen LogP contribution in [0.2, 0.25) is 5.02 Å². The maximum absolute atomic E-state index is 13.3. The Bertz CT molecular complexity index is 1570. The highest BCUT2D eigenvalue weighted by atomic mass is 35.5. The van der Waals surface area contributed by atoms with Gasteiger partial charge in [-0.15, -0.1) is 0 Å². The molecule has 220 valence electrons. The average molecular weight is 595 g/mol. The number of aromatic carboxylic acids is 1. The van der Waals surface area contributed by atoms with E-state index in [9.17, 15) is 14.3 Å². The number of aromatic nitrogens is 3. The first-order valence-corrected chi connectivity index (χ1v) is 14.5. The van der Waals surface area contributed by atoms with E-state index < -0.39 is 12.6 Å². The number of benzene rings is 2. The van der Waals surface area contributed by atoms with E-state index in [1.54, 1.807) is 42.6 Å². The molecular formula is C31H32ClFN4O5. The summed E-state index contributed by atoms with van der Waals surface area (Å²) in [6.07, 6.45) is 4.58. The van der Waals surface area contributed by atoms with Crippen LogP contribution >= 0.6 is 11.6 Å². The molecule has 2 aliphatic rings. The minimum absolute atomic E-state index is 0.0622. The number of hydrogen-bond donors (Lipinski definition) is 1. The summed E-state index contributed by atoms with van der Waals surface area (Å²) >= 11 is 5.96. The Labute approximate surface area is 247 Å². The molecule has 1 atom stereocenters. The Kier molecular flexibility index (Phi) is 8.55. The zero-order chi connectivity index (χ0) is 29.1. The molecule has 0 amide bonds. The van der Waals surface area contributed by atoms with E-state index in [2.05, 4.69) is 14.5 Å². The van der Waals surface area contributed by atoms with Crippen LogP contribution in [-0.4, -0.2) is 62.4 Å². The quantitative estimate of drug-likeness (QED) is 0.237. The number of carboxylic acids is 1. The molecule has 0 aliphatic carbocycles. The van der Waals surface area contributed by atoms with E-state index in [-0.39, 0.29) is 24.4 Å². The average Bonchev–Trinajstić information content (AvgIpc) is 3.31. The molecule has 1 unspecified atom stereocenters. The lowest BCUT2D eigenvalue weighted by Crippen LogP contribution is -2.39. The van der Waals surface area contributed by atoms with E-state index in [0.29, 0.717) is 35.1 Å². The number of carbonyl (C=O) groups is 1. The Balaban J connectivity index is 1.06. The number of imidazole rings is 1. The SMILES string of the molecule is O=C(O)c1ccc2nc(CN3CCC(Oc4ccnc(COc5ccc(Cl)cc5CF)c4)CC3)n(CC3CCO3)c2c1. The lowest BCUT2D eigenvalue weighted by Gasteiger charge is -2.32.